The van der Waals surface area contributed by atoms with Crippen LogP contribution in [0.4, 0.5) is 0 Å². The molecule has 6 heteroatoms. The maximum Gasteiger partial charge on any atom is 0.0892 e. The first kappa shape index (κ1) is 46.1. The molecule has 0 saturated heterocycles. The van der Waals surface area contributed by atoms with Crippen LogP contribution >= 0.6 is 45.3 Å². The van der Waals surface area contributed by atoms with Crippen molar-refractivity contribution < 1.29 is 0 Å². The average Bonchev–Trinajstić information content (AvgIpc) is 4.12. The van der Waals surface area contributed by atoms with Gasteiger partial charge in [0.2, 0.25) is 0 Å². The number of nitrogens with zero attached hydrogens (tertiary/aromatic N) is 2. The van der Waals surface area contributed by atoms with Crippen molar-refractivity contribution in [3.8, 4) is 11.4 Å². The highest BCUT2D eigenvalue weighted by Gasteiger charge is 2.15. The summed E-state index contributed by atoms with van der Waals surface area (Å²) in [7, 11) is 0. The zero-order chi connectivity index (χ0) is 41.8. The largest absolute Gasteiger partial charge is 0.255 e. The van der Waals surface area contributed by atoms with Crippen molar-refractivity contribution in [3.63, 3.8) is 0 Å². The summed E-state index contributed by atoms with van der Waals surface area (Å²) >= 11 is 7.88. The molecular weight excluding hydrogens is 805 g/mol. The quantitative estimate of drug-likeness (QED) is 0.0482. The molecule has 6 rings (SSSR count). The molecule has 6 aromatic rings. The fraction of sp³-hybridized carbons (Fsp3) is 0.444. The van der Waals surface area contributed by atoms with Crippen LogP contribution < -0.4 is 0 Å². The van der Waals surface area contributed by atoms with E-state index in [2.05, 4.69) is 113 Å². The van der Waals surface area contributed by atoms with E-state index in [1.807, 2.05) is 57.7 Å². The van der Waals surface area contributed by atoms with Gasteiger partial charge in [0.25, 0.3) is 0 Å². The summed E-state index contributed by atoms with van der Waals surface area (Å²) in [4.78, 5) is 21.2. The fourth-order valence-electron chi connectivity index (χ4n) is 7.75. The zero-order valence-corrected chi connectivity index (χ0v) is 40.2. The van der Waals surface area contributed by atoms with Gasteiger partial charge in [0.15, 0.2) is 0 Å². The Balaban J connectivity index is 1.29. The van der Waals surface area contributed by atoms with Crippen molar-refractivity contribution in [2.75, 3.05) is 0 Å². The van der Waals surface area contributed by atoms with E-state index in [9.17, 15) is 0 Å². The fourth-order valence-corrected chi connectivity index (χ4v) is 12.2. The normalized spacial score (nSPS) is 11.3. The number of rotatable bonds is 27. The number of hydrogen-bond acceptors (Lipinski definition) is 6. The lowest BCUT2D eigenvalue weighted by molar-refractivity contribution is 0.670. The Morgan fingerprint density at radius 2 is 0.683 bits per heavy atom. The van der Waals surface area contributed by atoms with E-state index >= 15 is 0 Å². The lowest BCUT2D eigenvalue weighted by Gasteiger charge is -2.07. The van der Waals surface area contributed by atoms with Gasteiger partial charge in [-0.15, -0.1) is 45.3 Å². The molecule has 0 aliphatic rings. The van der Waals surface area contributed by atoms with E-state index < -0.39 is 0 Å². The van der Waals surface area contributed by atoms with Crippen LogP contribution in [0.1, 0.15) is 181 Å². The first-order valence-corrected chi connectivity index (χ1v) is 26.6. The van der Waals surface area contributed by atoms with Gasteiger partial charge < -0.3 is 0 Å². The van der Waals surface area contributed by atoms with Crippen molar-refractivity contribution in [2.45, 2.75) is 156 Å². The van der Waals surface area contributed by atoms with Crippen LogP contribution in [-0.4, -0.2) is 9.97 Å². The predicted octanol–water partition coefficient (Wildman–Crippen LogP) is 18.1. The van der Waals surface area contributed by atoms with Gasteiger partial charge in [0, 0.05) is 62.6 Å². The molecule has 0 atom stereocenters. The Bertz CT molecular complexity index is 1950. The Labute approximate surface area is 379 Å². The molecule has 2 nitrogen and oxygen atoms in total. The molecule has 0 aromatic carbocycles. The molecule has 6 heterocycles. The topological polar surface area (TPSA) is 25.8 Å². The number of aromatic nitrogens is 2. The molecule has 60 heavy (non-hydrogen) atoms. The minimum atomic E-state index is 0.904. The maximum atomic E-state index is 4.89. The third-order valence-corrected chi connectivity index (χ3v) is 16.0. The van der Waals surface area contributed by atoms with Gasteiger partial charge in [-0.2, -0.15) is 0 Å². The molecular formula is C54H68N2S4. The smallest absolute Gasteiger partial charge is 0.0892 e. The lowest BCUT2D eigenvalue weighted by atomic mass is 10.1. The van der Waals surface area contributed by atoms with Gasteiger partial charge in [0.05, 0.1) is 11.4 Å². The lowest BCUT2D eigenvalue weighted by Crippen LogP contribution is -1.90. The highest BCUT2D eigenvalue weighted by atomic mass is 32.1. The highest BCUT2D eigenvalue weighted by molar-refractivity contribution is 7.16. The van der Waals surface area contributed by atoms with E-state index in [1.165, 1.54) is 179 Å². The molecule has 0 unspecified atom stereocenters. The van der Waals surface area contributed by atoms with Crippen LogP contribution in [0.3, 0.4) is 0 Å². The van der Waals surface area contributed by atoms with Crippen molar-refractivity contribution in [2.24, 2.45) is 0 Å². The molecule has 318 valence electrons. The maximum absolute atomic E-state index is 4.89. The van der Waals surface area contributed by atoms with Crippen LogP contribution in [0.5, 0.6) is 0 Å². The minimum Gasteiger partial charge on any atom is -0.255 e. The molecule has 0 bridgehead atoms. The number of hydrogen-bond donors (Lipinski definition) is 0. The predicted molar refractivity (Wildman–Crippen MR) is 270 cm³/mol. The number of unbranched alkanes of at least 4 members (excludes halogenated alkanes) is 12. The van der Waals surface area contributed by atoms with E-state index in [0.717, 1.165) is 22.5 Å². The van der Waals surface area contributed by atoms with Crippen LogP contribution in [-0.2, 0) is 25.7 Å². The minimum absolute atomic E-state index is 0.904. The van der Waals surface area contributed by atoms with Crippen molar-refractivity contribution >= 4 is 68.6 Å². The van der Waals surface area contributed by atoms with Gasteiger partial charge >= 0.3 is 0 Å². The molecule has 0 saturated carbocycles. The second-order valence-electron chi connectivity index (χ2n) is 16.4. The summed E-state index contributed by atoms with van der Waals surface area (Å²) in [5, 5.41) is 0. The van der Waals surface area contributed by atoms with E-state index in [4.69, 9.17) is 9.97 Å². The first-order chi connectivity index (χ1) is 29.6. The molecule has 0 fully saturated rings. The Hall–Kier alpha value is -3.42. The molecule has 0 aliphatic carbocycles. The Morgan fingerprint density at radius 3 is 0.967 bits per heavy atom. The molecule has 0 spiro atoms. The zero-order valence-electron chi connectivity index (χ0n) is 36.9. The number of thiophene rings is 4. The van der Waals surface area contributed by atoms with Gasteiger partial charge in [-0.05, 0) is 147 Å². The van der Waals surface area contributed by atoms with Crippen LogP contribution in [0, 0.1) is 0 Å². The SMILES string of the molecule is CCCCCCc1ccc(C(=Cc2ccnc(-c3cc(C=C(c4ccc(CCCCCC)s4)c4ccc(CCCCCC)s4)ccn3)c2)c2ccc(CCCCCC)s2)s1. The summed E-state index contributed by atoms with van der Waals surface area (Å²) in [5.74, 6) is 0. The molecule has 0 radical (unpaired) electrons. The Kier molecular flexibility index (Phi) is 19.6. The summed E-state index contributed by atoms with van der Waals surface area (Å²) < 4.78 is 0. The van der Waals surface area contributed by atoms with E-state index in [-0.39, 0.29) is 0 Å². The monoisotopic (exact) mass is 872 g/mol. The summed E-state index contributed by atoms with van der Waals surface area (Å²) in [6.45, 7) is 9.16. The first-order valence-electron chi connectivity index (χ1n) is 23.3. The summed E-state index contributed by atoms with van der Waals surface area (Å²) in [5.41, 5.74) is 6.76. The standard InChI is InChI=1S/C54H68N2S4/c1-5-9-13-17-21-43-25-29-51(57-43)47(52-30-26-44(58-52)22-18-14-10-6-2)37-41-33-35-55-49(39-41)50-40-42(34-36-56-50)38-48(53-31-27-45(59-53)23-19-15-11-7-3)54-32-28-46(60-54)24-20-16-12-8-4/h25-40H,5-24H2,1-4H3. The number of pyridine rings is 2. The molecule has 6 aromatic heterocycles. The second-order valence-corrected chi connectivity index (χ2v) is 21.0. The average molecular weight is 873 g/mol. The van der Waals surface area contributed by atoms with Crippen molar-refractivity contribution in [3.05, 3.63) is 135 Å². The number of aryl methyl sites for hydroxylation is 4. The van der Waals surface area contributed by atoms with Crippen LogP contribution in [0.15, 0.2) is 85.2 Å². The van der Waals surface area contributed by atoms with Crippen molar-refractivity contribution in [1.29, 1.82) is 0 Å². The molecule has 0 N–H and O–H groups in total. The van der Waals surface area contributed by atoms with Gasteiger partial charge in [-0.25, -0.2) is 0 Å². The van der Waals surface area contributed by atoms with Gasteiger partial charge in [0.1, 0.15) is 0 Å². The van der Waals surface area contributed by atoms with Gasteiger partial charge in [-0.3, -0.25) is 9.97 Å². The highest BCUT2D eigenvalue weighted by Crippen LogP contribution is 2.38. The van der Waals surface area contributed by atoms with Crippen LogP contribution in [0.25, 0.3) is 34.7 Å². The Morgan fingerprint density at radius 1 is 0.383 bits per heavy atom. The van der Waals surface area contributed by atoms with E-state index in [1.54, 1.807) is 0 Å². The second kappa shape index (κ2) is 25.5. The van der Waals surface area contributed by atoms with E-state index in [0.29, 0.717) is 0 Å². The third-order valence-electron chi connectivity index (χ3n) is 11.3. The summed E-state index contributed by atoms with van der Waals surface area (Å²) in [6, 6.07) is 27.6. The van der Waals surface area contributed by atoms with Gasteiger partial charge in [-0.1, -0.05) is 105 Å². The molecule has 0 amide bonds. The third kappa shape index (κ3) is 14.3. The molecule has 0 aliphatic heterocycles. The van der Waals surface area contributed by atoms with Crippen molar-refractivity contribution in [1.82, 2.24) is 9.97 Å². The van der Waals surface area contributed by atoms with Crippen LogP contribution in [0.2, 0.25) is 0 Å². The summed E-state index contributed by atoms with van der Waals surface area (Å²) in [6.07, 6.45) is 34.1.